The van der Waals surface area contributed by atoms with Crippen LogP contribution < -0.4 is 0 Å². The van der Waals surface area contributed by atoms with Crippen LogP contribution in [0.25, 0.3) is 0 Å². The zero-order valence-corrected chi connectivity index (χ0v) is 19.1. The van der Waals surface area contributed by atoms with Gasteiger partial charge in [0.2, 0.25) is 0 Å². The van der Waals surface area contributed by atoms with Crippen LogP contribution >= 0.6 is 0 Å². The summed E-state index contributed by atoms with van der Waals surface area (Å²) in [5.41, 5.74) is 0.0417. The summed E-state index contributed by atoms with van der Waals surface area (Å²) in [4.78, 5) is 0. The number of hydrogen-bond acceptors (Lipinski definition) is 1. The molecular weight excluding hydrogens is 338 g/mol. The van der Waals surface area contributed by atoms with Crippen LogP contribution in [0.1, 0.15) is 129 Å². The molecule has 160 valence electrons. The van der Waals surface area contributed by atoms with Crippen LogP contribution in [-0.4, -0.2) is 0 Å². The van der Waals surface area contributed by atoms with Gasteiger partial charge in [-0.15, -0.1) is 0 Å². The monoisotopic (exact) mass is 385 g/mol. The first-order chi connectivity index (χ1) is 13.7. The van der Waals surface area contributed by atoms with Crippen molar-refractivity contribution in [2.24, 2.45) is 35.0 Å². The molecule has 0 bridgehead atoms. The maximum absolute atomic E-state index is 9.82. The molecule has 3 aliphatic rings. The Morgan fingerprint density at radius 1 is 0.679 bits per heavy atom. The summed E-state index contributed by atoms with van der Waals surface area (Å²) in [5.74, 6) is 5.09. The van der Waals surface area contributed by atoms with E-state index in [4.69, 9.17) is 0 Å². The fraction of sp³-hybridized carbons (Fsp3) is 0.963. The highest BCUT2D eigenvalue weighted by Gasteiger charge is 2.39. The van der Waals surface area contributed by atoms with E-state index in [9.17, 15) is 5.26 Å². The van der Waals surface area contributed by atoms with Gasteiger partial charge < -0.3 is 0 Å². The van der Waals surface area contributed by atoms with E-state index in [0.29, 0.717) is 0 Å². The molecule has 0 aromatic heterocycles. The Morgan fingerprint density at radius 2 is 1.18 bits per heavy atom. The van der Waals surface area contributed by atoms with Crippen molar-refractivity contribution < 1.29 is 0 Å². The van der Waals surface area contributed by atoms with Crippen LogP contribution in [0.4, 0.5) is 0 Å². The smallest absolute Gasteiger partial charge is 0.0689 e. The summed E-state index contributed by atoms with van der Waals surface area (Å²) in [6, 6.07) is 2.76. The molecule has 28 heavy (non-hydrogen) atoms. The van der Waals surface area contributed by atoms with E-state index in [0.717, 1.165) is 36.0 Å². The van der Waals surface area contributed by atoms with Crippen molar-refractivity contribution in [1.82, 2.24) is 0 Å². The van der Waals surface area contributed by atoms with Gasteiger partial charge >= 0.3 is 0 Å². The first-order valence-corrected chi connectivity index (χ1v) is 13.1. The first-order valence-electron chi connectivity index (χ1n) is 13.1. The van der Waals surface area contributed by atoms with Gasteiger partial charge in [-0.1, -0.05) is 58.8 Å². The van der Waals surface area contributed by atoms with Gasteiger partial charge in [-0.3, -0.25) is 0 Å². The minimum atomic E-state index is 0.0417. The van der Waals surface area contributed by atoms with E-state index >= 15 is 0 Å². The molecular formula is C27H47N. The van der Waals surface area contributed by atoms with Gasteiger partial charge in [0.05, 0.1) is 11.5 Å². The van der Waals surface area contributed by atoms with Crippen molar-refractivity contribution in [3.8, 4) is 6.07 Å². The Morgan fingerprint density at radius 3 is 1.64 bits per heavy atom. The zero-order valence-electron chi connectivity index (χ0n) is 19.1. The highest BCUT2D eigenvalue weighted by atomic mass is 14.5. The molecule has 0 N–H and O–H groups in total. The van der Waals surface area contributed by atoms with Crippen LogP contribution in [0.5, 0.6) is 0 Å². The largest absolute Gasteiger partial charge is 0.198 e. The molecule has 0 radical (unpaired) electrons. The lowest BCUT2D eigenvalue weighted by atomic mass is 9.62. The van der Waals surface area contributed by atoms with Crippen molar-refractivity contribution in [1.29, 1.82) is 5.26 Å². The Bertz CT molecular complexity index is 465. The third-order valence-electron chi connectivity index (χ3n) is 9.22. The van der Waals surface area contributed by atoms with Crippen molar-refractivity contribution in [2.75, 3.05) is 0 Å². The Labute approximate surface area is 176 Å². The van der Waals surface area contributed by atoms with Crippen LogP contribution in [0, 0.1) is 46.3 Å². The van der Waals surface area contributed by atoms with Gasteiger partial charge in [0.15, 0.2) is 0 Å². The lowest BCUT2D eigenvalue weighted by Gasteiger charge is -2.43. The van der Waals surface area contributed by atoms with Gasteiger partial charge in [0, 0.05) is 0 Å². The number of rotatable bonds is 8. The SMILES string of the molecule is CCCCCC1(C#N)CCC(C2CCC(C3CCC(CCC)CC3)CC2)CC1. The fourth-order valence-electron chi connectivity index (χ4n) is 7.24. The molecule has 0 amide bonds. The van der Waals surface area contributed by atoms with E-state index < -0.39 is 0 Å². The maximum Gasteiger partial charge on any atom is 0.0689 e. The Kier molecular flexibility index (Phi) is 8.74. The maximum atomic E-state index is 9.82. The molecule has 0 aromatic carbocycles. The molecule has 3 fully saturated rings. The first kappa shape index (κ1) is 22.2. The highest BCUT2D eigenvalue weighted by molar-refractivity contribution is 5.02. The van der Waals surface area contributed by atoms with Crippen LogP contribution in [0.15, 0.2) is 0 Å². The molecule has 3 saturated carbocycles. The summed E-state index contributed by atoms with van der Waals surface area (Å²) in [6.07, 6.45) is 25.1. The molecule has 0 heterocycles. The van der Waals surface area contributed by atoms with E-state index in [1.807, 2.05) is 0 Å². The molecule has 0 atom stereocenters. The van der Waals surface area contributed by atoms with Crippen molar-refractivity contribution in [3.63, 3.8) is 0 Å². The third kappa shape index (κ3) is 5.77. The molecule has 3 aliphatic carbocycles. The fourth-order valence-corrected chi connectivity index (χ4v) is 7.24. The molecule has 0 aliphatic heterocycles. The number of unbranched alkanes of at least 4 members (excludes halogenated alkanes) is 2. The topological polar surface area (TPSA) is 23.8 Å². The summed E-state index contributed by atoms with van der Waals surface area (Å²) < 4.78 is 0. The van der Waals surface area contributed by atoms with Gasteiger partial charge in [0.25, 0.3) is 0 Å². The molecule has 1 nitrogen and oxygen atoms in total. The van der Waals surface area contributed by atoms with Gasteiger partial charge in [-0.05, 0) is 100 Å². The normalized spacial score (nSPS) is 39.4. The van der Waals surface area contributed by atoms with E-state index in [-0.39, 0.29) is 5.41 Å². The van der Waals surface area contributed by atoms with Crippen LogP contribution in [0.3, 0.4) is 0 Å². The lowest BCUT2D eigenvalue weighted by molar-refractivity contribution is 0.0899. The van der Waals surface area contributed by atoms with E-state index in [1.54, 1.807) is 0 Å². The second-order valence-corrected chi connectivity index (χ2v) is 10.9. The van der Waals surface area contributed by atoms with Gasteiger partial charge in [-0.2, -0.15) is 5.26 Å². The van der Waals surface area contributed by atoms with Crippen LogP contribution in [-0.2, 0) is 0 Å². The molecule has 1 heteroatoms. The minimum Gasteiger partial charge on any atom is -0.198 e. The summed E-state index contributed by atoms with van der Waals surface area (Å²) in [6.45, 7) is 4.62. The summed E-state index contributed by atoms with van der Waals surface area (Å²) in [5, 5.41) is 9.82. The average Bonchev–Trinajstić information content (AvgIpc) is 2.75. The lowest BCUT2D eigenvalue weighted by Crippen LogP contribution is -2.32. The van der Waals surface area contributed by atoms with Crippen molar-refractivity contribution >= 4 is 0 Å². The zero-order chi connectivity index (χ0) is 19.8. The van der Waals surface area contributed by atoms with Gasteiger partial charge in [-0.25, -0.2) is 0 Å². The highest BCUT2D eigenvalue weighted by Crippen LogP contribution is 2.49. The van der Waals surface area contributed by atoms with Crippen molar-refractivity contribution in [2.45, 2.75) is 129 Å². The van der Waals surface area contributed by atoms with Crippen molar-refractivity contribution in [3.05, 3.63) is 0 Å². The number of nitrogens with zero attached hydrogens (tertiary/aromatic N) is 1. The van der Waals surface area contributed by atoms with E-state index in [1.165, 1.54) is 109 Å². The quantitative estimate of drug-likeness (QED) is 0.383. The average molecular weight is 386 g/mol. The van der Waals surface area contributed by atoms with Crippen LogP contribution in [0.2, 0.25) is 0 Å². The minimum absolute atomic E-state index is 0.0417. The molecule has 0 unspecified atom stereocenters. The Balaban J connectivity index is 1.38. The molecule has 3 rings (SSSR count). The summed E-state index contributed by atoms with van der Waals surface area (Å²) in [7, 11) is 0. The molecule has 0 spiro atoms. The predicted octanol–water partition coefficient (Wildman–Crippen LogP) is 8.68. The van der Waals surface area contributed by atoms with E-state index in [2.05, 4.69) is 19.9 Å². The Hall–Kier alpha value is -0.510. The molecule has 0 aromatic rings. The van der Waals surface area contributed by atoms with Gasteiger partial charge in [0.1, 0.15) is 0 Å². The second kappa shape index (κ2) is 11.0. The number of nitriles is 1. The number of hydrogen-bond donors (Lipinski definition) is 0. The standard InChI is InChI=1S/C27H47N/c1-3-5-6-18-27(21-28)19-16-26(17-20-27)25-14-12-24(13-15-25)23-10-8-22(7-4-2)9-11-23/h22-26H,3-20H2,1-2H3. The second-order valence-electron chi connectivity index (χ2n) is 10.9. The summed E-state index contributed by atoms with van der Waals surface area (Å²) >= 11 is 0. The third-order valence-corrected chi connectivity index (χ3v) is 9.22. The molecule has 0 saturated heterocycles. The predicted molar refractivity (Wildman–Crippen MR) is 120 cm³/mol.